The van der Waals surface area contributed by atoms with Gasteiger partial charge in [-0.05, 0) is 68.1 Å². The van der Waals surface area contributed by atoms with Gasteiger partial charge in [-0.1, -0.05) is 72.8 Å². The first kappa shape index (κ1) is 21.4. The van der Waals surface area contributed by atoms with Gasteiger partial charge in [-0.3, -0.25) is 0 Å². The topological polar surface area (TPSA) is 52.6 Å². The molecular weight excluding hydrogens is 424 g/mol. The maximum atomic E-state index is 12.0. The molecule has 0 saturated carbocycles. The Bertz CT molecular complexity index is 1410. The van der Waals surface area contributed by atoms with E-state index in [9.17, 15) is 9.59 Å². The number of carbonyl (C=O) groups excluding carboxylic acids is 2. The molecule has 0 radical (unpaired) electrons. The normalized spacial score (nSPS) is 10.9. The number of ether oxygens (including phenoxy) is 2. The minimum atomic E-state index is -0.367. The van der Waals surface area contributed by atoms with Crippen molar-refractivity contribution in [1.29, 1.82) is 0 Å². The summed E-state index contributed by atoms with van der Waals surface area (Å²) in [5.74, 6) is -0.734. The molecule has 0 aliphatic rings. The van der Waals surface area contributed by atoms with Gasteiger partial charge >= 0.3 is 11.9 Å². The average Bonchev–Trinajstić information content (AvgIpc) is 2.91. The number of fused-ring (bicyclic) bond motifs is 3. The van der Waals surface area contributed by atoms with Gasteiger partial charge in [-0.15, -0.1) is 0 Å². The van der Waals surface area contributed by atoms with Crippen LogP contribution in [0.1, 0.15) is 20.7 Å². The second-order valence-electron chi connectivity index (χ2n) is 7.98. The highest BCUT2D eigenvalue weighted by Crippen LogP contribution is 2.44. The highest BCUT2D eigenvalue weighted by molar-refractivity contribution is 6.21. The van der Waals surface area contributed by atoms with Gasteiger partial charge in [0, 0.05) is 0 Å². The zero-order valence-corrected chi connectivity index (χ0v) is 18.9. The highest BCUT2D eigenvalue weighted by Gasteiger charge is 2.18. The Morgan fingerprint density at radius 2 is 0.794 bits per heavy atom. The standard InChI is InChI=1S/C30H22O4/c1-33-29(31)21-15-11-19(12-16-21)27-25-9-5-3-7-23(25)24-8-4-6-10-26(24)28(27)20-13-17-22(18-14-20)30(32)34-2/h3-18H,1-2H3. The Balaban J connectivity index is 1.84. The van der Waals surface area contributed by atoms with Gasteiger partial charge in [0.25, 0.3) is 0 Å². The van der Waals surface area contributed by atoms with Gasteiger partial charge in [0.05, 0.1) is 25.3 Å². The summed E-state index contributed by atoms with van der Waals surface area (Å²) in [6.07, 6.45) is 0. The summed E-state index contributed by atoms with van der Waals surface area (Å²) < 4.78 is 9.73. The van der Waals surface area contributed by atoms with Gasteiger partial charge in [0.2, 0.25) is 0 Å². The monoisotopic (exact) mass is 446 g/mol. The molecule has 0 spiro atoms. The molecule has 5 aromatic rings. The van der Waals surface area contributed by atoms with Crippen LogP contribution in [0.5, 0.6) is 0 Å². The van der Waals surface area contributed by atoms with E-state index in [4.69, 9.17) is 9.47 Å². The van der Waals surface area contributed by atoms with Crippen molar-refractivity contribution in [3.63, 3.8) is 0 Å². The molecule has 5 rings (SSSR count). The molecule has 34 heavy (non-hydrogen) atoms. The van der Waals surface area contributed by atoms with E-state index < -0.39 is 0 Å². The molecule has 5 aromatic carbocycles. The maximum Gasteiger partial charge on any atom is 0.337 e. The summed E-state index contributed by atoms with van der Waals surface area (Å²) in [7, 11) is 2.76. The quantitative estimate of drug-likeness (QED) is 0.223. The smallest absolute Gasteiger partial charge is 0.337 e. The summed E-state index contributed by atoms with van der Waals surface area (Å²) in [6.45, 7) is 0. The van der Waals surface area contributed by atoms with Crippen molar-refractivity contribution in [1.82, 2.24) is 0 Å². The molecule has 166 valence electrons. The third-order valence-corrected chi connectivity index (χ3v) is 6.12. The lowest BCUT2D eigenvalue weighted by molar-refractivity contribution is 0.0592. The van der Waals surface area contributed by atoms with Crippen LogP contribution in [0.3, 0.4) is 0 Å². The average molecular weight is 447 g/mol. The third-order valence-electron chi connectivity index (χ3n) is 6.12. The summed E-state index contributed by atoms with van der Waals surface area (Å²) in [5.41, 5.74) is 5.11. The van der Waals surface area contributed by atoms with Gasteiger partial charge in [0.1, 0.15) is 0 Å². The molecule has 0 N–H and O–H groups in total. The lowest BCUT2D eigenvalue weighted by Crippen LogP contribution is -2.01. The number of hydrogen-bond acceptors (Lipinski definition) is 4. The van der Waals surface area contributed by atoms with Crippen LogP contribution >= 0.6 is 0 Å². The minimum Gasteiger partial charge on any atom is -0.465 e. The SMILES string of the molecule is COC(=O)c1ccc(-c2c(-c3ccc(C(=O)OC)cc3)c3ccccc3c3ccccc23)cc1. The second kappa shape index (κ2) is 8.83. The van der Waals surface area contributed by atoms with Crippen molar-refractivity contribution in [2.45, 2.75) is 0 Å². The molecule has 0 aliphatic carbocycles. The van der Waals surface area contributed by atoms with E-state index in [-0.39, 0.29) is 11.9 Å². The predicted molar refractivity (Wildman–Crippen MR) is 135 cm³/mol. The van der Waals surface area contributed by atoms with E-state index in [0.717, 1.165) is 43.8 Å². The summed E-state index contributed by atoms with van der Waals surface area (Å²) in [4.78, 5) is 24.0. The van der Waals surface area contributed by atoms with E-state index in [1.807, 2.05) is 48.5 Å². The fourth-order valence-corrected chi connectivity index (χ4v) is 4.52. The molecule has 0 amide bonds. The van der Waals surface area contributed by atoms with Crippen LogP contribution in [0.15, 0.2) is 97.1 Å². The summed E-state index contributed by atoms with van der Waals surface area (Å²) in [6, 6.07) is 31.6. The molecule has 0 heterocycles. The number of rotatable bonds is 4. The zero-order chi connectivity index (χ0) is 23.7. The van der Waals surface area contributed by atoms with Gasteiger partial charge in [-0.2, -0.15) is 0 Å². The Labute approximate surface area is 197 Å². The lowest BCUT2D eigenvalue weighted by atomic mass is 9.84. The first-order valence-electron chi connectivity index (χ1n) is 10.9. The van der Waals surface area contributed by atoms with Crippen LogP contribution in [0.4, 0.5) is 0 Å². The highest BCUT2D eigenvalue weighted by atomic mass is 16.5. The molecule has 4 heteroatoms. The van der Waals surface area contributed by atoms with Crippen LogP contribution < -0.4 is 0 Å². The minimum absolute atomic E-state index is 0.367. The van der Waals surface area contributed by atoms with Crippen molar-refractivity contribution in [3.05, 3.63) is 108 Å². The van der Waals surface area contributed by atoms with Crippen LogP contribution in [0, 0.1) is 0 Å². The van der Waals surface area contributed by atoms with Crippen LogP contribution in [0.2, 0.25) is 0 Å². The molecule has 0 aliphatic heterocycles. The zero-order valence-electron chi connectivity index (χ0n) is 18.9. The van der Waals surface area contributed by atoms with Gasteiger partial charge < -0.3 is 9.47 Å². The number of carbonyl (C=O) groups is 2. The molecular formula is C30H22O4. The van der Waals surface area contributed by atoms with E-state index in [1.54, 1.807) is 24.3 Å². The van der Waals surface area contributed by atoms with Crippen LogP contribution in [0.25, 0.3) is 43.8 Å². The number of esters is 2. The molecule has 0 saturated heterocycles. The molecule has 4 nitrogen and oxygen atoms in total. The Morgan fingerprint density at radius 3 is 1.12 bits per heavy atom. The molecule has 0 atom stereocenters. The van der Waals surface area contributed by atoms with E-state index >= 15 is 0 Å². The first-order valence-corrected chi connectivity index (χ1v) is 10.9. The third kappa shape index (κ3) is 3.59. The van der Waals surface area contributed by atoms with E-state index in [0.29, 0.717) is 11.1 Å². The van der Waals surface area contributed by atoms with Crippen LogP contribution in [-0.2, 0) is 9.47 Å². The van der Waals surface area contributed by atoms with Crippen molar-refractivity contribution < 1.29 is 19.1 Å². The Kier molecular flexibility index (Phi) is 5.56. The maximum absolute atomic E-state index is 12.0. The van der Waals surface area contributed by atoms with Crippen molar-refractivity contribution in [2.75, 3.05) is 14.2 Å². The van der Waals surface area contributed by atoms with Crippen molar-refractivity contribution >= 4 is 33.5 Å². The van der Waals surface area contributed by atoms with E-state index in [1.165, 1.54) is 14.2 Å². The second-order valence-corrected chi connectivity index (χ2v) is 7.98. The predicted octanol–water partition coefficient (Wildman–Crippen LogP) is 6.90. The van der Waals surface area contributed by atoms with E-state index in [2.05, 4.69) is 24.3 Å². The Morgan fingerprint density at radius 1 is 0.471 bits per heavy atom. The van der Waals surface area contributed by atoms with Crippen molar-refractivity contribution in [2.24, 2.45) is 0 Å². The fourth-order valence-electron chi connectivity index (χ4n) is 4.52. The van der Waals surface area contributed by atoms with Gasteiger partial charge in [0.15, 0.2) is 0 Å². The molecule has 0 bridgehead atoms. The number of benzene rings is 5. The summed E-state index contributed by atoms with van der Waals surface area (Å²) in [5, 5.41) is 4.53. The van der Waals surface area contributed by atoms with Crippen molar-refractivity contribution in [3.8, 4) is 22.3 Å². The summed E-state index contributed by atoms with van der Waals surface area (Å²) >= 11 is 0. The molecule has 0 unspecified atom stereocenters. The first-order chi connectivity index (χ1) is 16.6. The largest absolute Gasteiger partial charge is 0.465 e. The molecule has 0 fully saturated rings. The van der Waals surface area contributed by atoms with Gasteiger partial charge in [-0.25, -0.2) is 9.59 Å². The van der Waals surface area contributed by atoms with Crippen LogP contribution in [-0.4, -0.2) is 26.2 Å². The number of methoxy groups -OCH3 is 2. The lowest BCUT2D eigenvalue weighted by Gasteiger charge is -2.19. The fraction of sp³-hybridized carbons (Fsp3) is 0.0667. The number of hydrogen-bond donors (Lipinski definition) is 0. The Hall–Kier alpha value is -4.44. The molecule has 0 aromatic heterocycles.